The lowest BCUT2D eigenvalue weighted by molar-refractivity contribution is 0.0233. The monoisotopic (exact) mass is 454 g/mol. The van der Waals surface area contributed by atoms with Crippen LogP contribution >= 0.6 is 0 Å². The molecule has 1 aliphatic carbocycles. The minimum atomic E-state index is -0.211. The molecule has 0 spiro atoms. The molecular formula is C30H34N2O2. The molecule has 1 aliphatic heterocycles. The Kier molecular flexibility index (Phi) is 7.37. The third-order valence-electron chi connectivity index (χ3n) is 7.36. The molecule has 4 nitrogen and oxygen atoms in total. The second kappa shape index (κ2) is 11.0. The Morgan fingerprint density at radius 2 is 1.53 bits per heavy atom. The number of piperidine rings is 1. The molecule has 2 fully saturated rings. The Labute approximate surface area is 202 Å². The zero-order chi connectivity index (χ0) is 23.2. The highest BCUT2D eigenvalue weighted by Crippen LogP contribution is 2.51. The predicted molar refractivity (Wildman–Crippen MR) is 135 cm³/mol. The fourth-order valence-corrected chi connectivity index (χ4v) is 5.26. The summed E-state index contributed by atoms with van der Waals surface area (Å²) in [5.74, 6) is 2.36. The molecule has 2 aliphatic rings. The molecule has 176 valence electrons. The topological polar surface area (TPSA) is 41.6 Å². The van der Waals surface area contributed by atoms with Crippen LogP contribution in [0.25, 0.3) is 0 Å². The highest BCUT2D eigenvalue weighted by Gasteiger charge is 2.39. The standard InChI is InChI=1S/C30H34N2O2/c33-30(31-34-22-25-7-3-1-4-8-25)27-13-11-24(12-14-27)21-32-17-15-23(16-18-32)19-28-20-29(28)26-9-5-2-6-10-26/h1-14,23,28-29H,15-22H2,(H,31,33)/t28-,29+/m1/s1. The van der Waals surface area contributed by atoms with Crippen LogP contribution in [0, 0.1) is 11.8 Å². The third-order valence-corrected chi connectivity index (χ3v) is 7.36. The molecule has 1 amide bonds. The number of benzene rings is 3. The van der Waals surface area contributed by atoms with Gasteiger partial charge in [-0.2, -0.15) is 0 Å². The van der Waals surface area contributed by atoms with Crippen LogP contribution in [0.15, 0.2) is 84.9 Å². The van der Waals surface area contributed by atoms with Gasteiger partial charge in [-0.05, 0) is 85.3 Å². The van der Waals surface area contributed by atoms with Crippen LogP contribution in [0.4, 0.5) is 0 Å². The van der Waals surface area contributed by atoms with Gasteiger partial charge in [-0.25, -0.2) is 5.48 Å². The lowest BCUT2D eigenvalue weighted by Crippen LogP contribution is -2.33. The van der Waals surface area contributed by atoms with Crippen molar-refractivity contribution in [2.75, 3.05) is 13.1 Å². The number of hydrogen-bond acceptors (Lipinski definition) is 3. The molecule has 3 aromatic carbocycles. The van der Waals surface area contributed by atoms with Crippen LogP contribution in [-0.2, 0) is 18.0 Å². The molecule has 4 heteroatoms. The number of nitrogens with zero attached hydrogens (tertiary/aromatic N) is 1. The second-order valence-corrected chi connectivity index (χ2v) is 9.87. The molecule has 0 unspecified atom stereocenters. The van der Waals surface area contributed by atoms with Crippen molar-refractivity contribution in [3.8, 4) is 0 Å². The molecule has 0 aromatic heterocycles. The molecule has 0 radical (unpaired) electrons. The molecular weight excluding hydrogens is 420 g/mol. The fraction of sp³-hybridized carbons (Fsp3) is 0.367. The molecule has 1 saturated carbocycles. The number of likely N-dealkylation sites (tertiary alicyclic amines) is 1. The SMILES string of the molecule is O=C(NOCc1ccccc1)c1ccc(CN2CCC(C[C@@H]3C[C@H]3c3ccccc3)CC2)cc1. The van der Waals surface area contributed by atoms with Crippen molar-refractivity contribution in [3.63, 3.8) is 0 Å². The van der Waals surface area contributed by atoms with E-state index in [-0.39, 0.29) is 5.91 Å². The zero-order valence-electron chi connectivity index (χ0n) is 19.7. The maximum Gasteiger partial charge on any atom is 0.274 e. The van der Waals surface area contributed by atoms with E-state index >= 15 is 0 Å². The summed E-state index contributed by atoms with van der Waals surface area (Å²) >= 11 is 0. The van der Waals surface area contributed by atoms with Crippen molar-refractivity contribution in [2.24, 2.45) is 11.8 Å². The van der Waals surface area contributed by atoms with E-state index in [0.29, 0.717) is 12.2 Å². The number of amides is 1. The van der Waals surface area contributed by atoms with Crippen molar-refractivity contribution >= 4 is 5.91 Å². The van der Waals surface area contributed by atoms with Gasteiger partial charge in [0, 0.05) is 12.1 Å². The van der Waals surface area contributed by atoms with Gasteiger partial charge in [-0.15, -0.1) is 0 Å². The lowest BCUT2D eigenvalue weighted by atomic mass is 9.90. The molecule has 1 saturated heterocycles. The van der Waals surface area contributed by atoms with Crippen molar-refractivity contribution in [2.45, 2.75) is 44.8 Å². The Hall–Kier alpha value is -2.95. The summed E-state index contributed by atoms with van der Waals surface area (Å²) in [4.78, 5) is 20.2. The van der Waals surface area contributed by atoms with E-state index in [1.807, 2.05) is 42.5 Å². The number of nitrogens with one attached hydrogen (secondary N) is 1. The minimum absolute atomic E-state index is 0.211. The van der Waals surface area contributed by atoms with E-state index in [2.05, 4.69) is 52.8 Å². The normalized spacial score (nSPS) is 20.7. The van der Waals surface area contributed by atoms with Crippen molar-refractivity contribution in [1.82, 2.24) is 10.4 Å². The van der Waals surface area contributed by atoms with E-state index < -0.39 is 0 Å². The average molecular weight is 455 g/mol. The summed E-state index contributed by atoms with van der Waals surface area (Å²) in [6, 6.07) is 28.7. The summed E-state index contributed by atoms with van der Waals surface area (Å²) in [6.45, 7) is 3.65. The first-order valence-electron chi connectivity index (χ1n) is 12.6. The first-order chi connectivity index (χ1) is 16.7. The van der Waals surface area contributed by atoms with Crippen molar-refractivity contribution < 1.29 is 9.63 Å². The van der Waals surface area contributed by atoms with Crippen molar-refractivity contribution in [1.29, 1.82) is 0 Å². The number of hydrogen-bond donors (Lipinski definition) is 1. The first kappa shape index (κ1) is 22.8. The Balaban J connectivity index is 1.02. The second-order valence-electron chi connectivity index (χ2n) is 9.87. The number of hydroxylamine groups is 1. The molecule has 34 heavy (non-hydrogen) atoms. The molecule has 1 heterocycles. The van der Waals surface area contributed by atoms with Gasteiger partial charge in [0.2, 0.25) is 0 Å². The van der Waals surface area contributed by atoms with Gasteiger partial charge in [0.15, 0.2) is 0 Å². The summed E-state index contributed by atoms with van der Waals surface area (Å²) < 4.78 is 0. The van der Waals surface area contributed by atoms with E-state index in [4.69, 9.17) is 4.84 Å². The van der Waals surface area contributed by atoms with Crippen LogP contribution in [0.5, 0.6) is 0 Å². The molecule has 2 atom stereocenters. The Morgan fingerprint density at radius 3 is 2.24 bits per heavy atom. The third kappa shape index (κ3) is 6.13. The van der Waals surface area contributed by atoms with Gasteiger partial charge in [0.25, 0.3) is 5.91 Å². The van der Waals surface area contributed by atoms with Crippen LogP contribution in [0.1, 0.15) is 58.6 Å². The zero-order valence-corrected chi connectivity index (χ0v) is 19.7. The minimum Gasteiger partial charge on any atom is -0.299 e. The Bertz CT molecular complexity index is 1040. The summed E-state index contributed by atoms with van der Waals surface area (Å²) in [5.41, 5.74) is 6.97. The van der Waals surface area contributed by atoms with Gasteiger partial charge in [0.1, 0.15) is 0 Å². The molecule has 0 bridgehead atoms. The summed E-state index contributed by atoms with van der Waals surface area (Å²) in [5, 5.41) is 0. The smallest absolute Gasteiger partial charge is 0.274 e. The molecule has 1 N–H and O–H groups in total. The van der Waals surface area contributed by atoms with Crippen LogP contribution in [-0.4, -0.2) is 23.9 Å². The number of carbonyl (C=O) groups is 1. The van der Waals surface area contributed by atoms with Gasteiger partial charge in [0.05, 0.1) is 6.61 Å². The lowest BCUT2D eigenvalue weighted by Gasteiger charge is -2.32. The fourth-order valence-electron chi connectivity index (χ4n) is 5.26. The van der Waals surface area contributed by atoms with Crippen molar-refractivity contribution in [3.05, 3.63) is 107 Å². The highest BCUT2D eigenvalue weighted by molar-refractivity contribution is 5.93. The quantitative estimate of drug-likeness (QED) is 0.406. The largest absolute Gasteiger partial charge is 0.299 e. The van der Waals surface area contributed by atoms with E-state index in [1.165, 1.54) is 49.9 Å². The summed E-state index contributed by atoms with van der Waals surface area (Å²) in [6.07, 6.45) is 5.37. The molecule has 5 rings (SSSR count). The number of carbonyl (C=O) groups excluding carboxylic acids is 1. The maximum atomic E-state index is 12.3. The van der Waals surface area contributed by atoms with E-state index in [9.17, 15) is 4.79 Å². The van der Waals surface area contributed by atoms with Gasteiger partial charge >= 0.3 is 0 Å². The average Bonchev–Trinajstić information content (AvgIpc) is 3.66. The van der Waals surface area contributed by atoms with Crippen LogP contribution in [0.2, 0.25) is 0 Å². The van der Waals surface area contributed by atoms with Gasteiger partial charge < -0.3 is 0 Å². The van der Waals surface area contributed by atoms with Crippen LogP contribution in [0.3, 0.4) is 0 Å². The first-order valence-corrected chi connectivity index (χ1v) is 12.6. The van der Waals surface area contributed by atoms with Crippen LogP contribution < -0.4 is 5.48 Å². The van der Waals surface area contributed by atoms with E-state index in [1.54, 1.807) is 0 Å². The molecule has 3 aromatic rings. The van der Waals surface area contributed by atoms with Gasteiger partial charge in [-0.1, -0.05) is 72.8 Å². The Morgan fingerprint density at radius 1 is 0.853 bits per heavy atom. The predicted octanol–water partition coefficient (Wildman–Crippen LogP) is 5.95. The summed E-state index contributed by atoms with van der Waals surface area (Å²) in [7, 11) is 0. The maximum absolute atomic E-state index is 12.3. The number of rotatable bonds is 9. The van der Waals surface area contributed by atoms with Gasteiger partial charge in [-0.3, -0.25) is 14.5 Å². The van der Waals surface area contributed by atoms with E-state index in [0.717, 1.165) is 29.9 Å². The highest BCUT2D eigenvalue weighted by atomic mass is 16.6.